The number of alkyl halides is 2. The van der Waals surface area contributed by atoms with Gasteiger partial charge in [-0.1, -0.05) is 12.1 Å². The standard InChI is InChI=1S/C18H24F2N2O3/c1-17(2,3)25-16(23)21-9-10-24-15-13(11-21)5-4-6-14(15)22-8-7-18(19,20)12-22/h4-6H,7-12H2,1-3H3. The molecule has 1 amide bonds. The van der Waals surface area contributed by atoms with Gasteiger partial charge in [-0.05, 0) is 26.8 Å². The fourth-order valence-electron chi connectivity index (χ4n) is 3.08. The summed E-state index contributed by atoms with van der Waals surface area (Å²) in [6, 6.07) is 5.46. The third-order valence-corrected chi connectivity index (χ3v) is 4.21. The Labute approximate surface area is 146 Å². The number of carbonyl (C=O) groups is 1. The first-order valence-corrected chi connectivity index (χ1v) is 8.50. The smallest absolute Gasteiger partial charge is 0.410 e. The number of amides is 1. The molecule has 138 valence electrons. The molecule has 0 aliphatic carbocycles. The van der Waals surface area contributed by atoms with E-state index in [1.165, 1.54) is 0 Å². The van der Waals surface area contributed by atoms with E-state index in [1.807, 2.05) is 32.9 Å². The zero-order chi connectivity index (χ0) is 18.2. The van der Waals surface area contributed by atoms with Crippen molar-refractivity contribution < 1.29 is 23.0 Å². The van der Waals surface area contributed by atoms with E-state index >= 15 is 0 Å². The van der Waals surface area contributed by atoms with Crippen molar-refractivity contribution in [2.24, 2.45) is 0 Å². The minimum Gasteiger partial charge on any atom is -0.489 e. The molecule has 0 aromatic heterocycles. The number of fused-ring (bicyclic) bond motifs is 1. The Morgan fingerprint density at radius 2 is 2.04 bits per heavy atom. The van der Waals surface area contributed by atoms with Crippen molar-refractivity contribution in [3.63, 3.8) is 0 Å². The second-order valence-corrected chi connectivity index (χ2v) is 7.54. The molecule has 3 rings (SSSR count). The molecule has 0 saturated carbocycles. The molecular formula is C18H24F2N2O3. The van der Waals surface area contributed by atoms with Crippen molar-refractivity contribution in [3.8, 4) is 5.75 Å². The topological polar surface area (TPSA) is 42.0 Å². The van der Waals surface area contributed by atoms with Gasteiger partial charge < -0.3 is 19.3 Å². The monoisotopic (exact) mass is 354 g/mol. The first-order valence-electron chi connectivity index (χ1n) is 8.50. The van der Waals surface area contributed by atoms with Gasteiger partial charge in [0.2, 0.25) is 0 Å². The van der Waals surface area contributed by atoms with Crippen molar-refractivity contribution in [2.45, 2.75) is 45.3 Å². The summed E-state index contributed by atoms with van der Waals surface area (Å²) in [4.78, 5) is 15.6. The first kappa shape index (κ1) is 17.8. The lowest BCUT2D eigenvalue weighted by atomic mass is 10.1. The zero-order valence-electron chi connectivity index (χ0n) is 14.8. The number of hydrogen-bond acceptors (Lipinski definition) is 4. The molecule has 0 atom stereocenters. The average Bonchev–Trinajstić information content (AvgIpc) is 2.73. The fourth-order valence-corrected chi connectivity index (χ4v) is 3.08. The van der Waals surface area contributed by atoms with Crippen LogP contribution in [0, 0.1) is 0 Å². The molecule has 0 radical (unpaired) electrons. The summed E-state index contributed by atoms with van der Waals surface area (Å²) >= 11 is 0. The highest BCUT2D eigenvalue weighted by molar-refractivity contribution is 5.69. The molecule has 1 saturated heterocycles. The minimum atomic E-state index is -2.67. The van der Waals surface area contributed by atoms with Crippen molar-refractivity contribution >= 4 is 11.8 Å². The zero-order valence-corrected chi connectivity index (χ0v) is 14.8. The van der Waals surface area contributed by atoms with Gasteiger partial charge in [0.05, 0.1) is 25.3 Å². The summed E-state index contributed by atoms with van der Waals surface area (Å²) in [5.74, 6) is -2.08. The lowest BCUT2D eigenvalue weighted by Crippen LogP contribution is -2.37. The van der Waals surface area contributed by atoms with E-state index in [9.17, 15) is 13.6 Å². The van der Waals surface area contributed by atoms with E-state index in [0.29, 0.717) is 37.7 Å². The molecular weight excluding hydrogens is 330 g/mol. The number of nitrogens with zero attached hydrogens (tertiary/aromatic N) is 2. The summed E-state index contributed by atoms with van der Waals surface area (Å²) < 4.78 is 38.4. The van der Waals surface area contributed by atoms with E-state index in [4.69, 9.17) is 9.47 Å². The normalized spacial score (nSPS) is 19.9. The number of benzene rings is 1. The van der Waals surface area contributed by atoms with Crippen LogP contribution >= 0.6 is 0 Å². The molecule has 2 heterocycles. The maximum Gasteiger partial charge on any atom is 0.410 e. The predicted octanol–water partition coefficient (Wildman–Crippen LogP) is 3.66. The van der Waals surface area contributed by atoms with Gasteiger partial charge in [0.1, 0.15) is 18.0 Å². The van der Waals surface area contributed by atoms with Gasteiger partial charge in [-0.2, -0.15) is 0 Å². The van der Waals surface area contributed by atoms with Crippen LogP contribution in [-0.4, -0.2) is 48.8 Å². The fraction of sp³-hybridized carbons (Fsp3) is 0.611. The minimum absolute atomic E-state index is 0.152. The van der Waals surface area contributed by atoms with E-state index < -0.39 is 17.6 Å². The van der Waals surface area contributed by atoms with Gasteiger partial charge in [0.15, 0.2) is 0 Å². The van der Waals surface area contributed by atoms with Crippen LogP contribution in [0.4, 0.5) is 19.3 Å². The van der Waals surface area contributed by atoms with Crippen LogP contribution in [0.25, 0.3) is 0 Å². The predicted molar refractivity (Wildman–Crippen MR) is 90.4 cm³/mol. The molecule has 1 aromatic carbocycles. The second-order valence-electron chi connectivity index (χ2n) is 7.54. The Hall–Kier alpha value is -2.05. The highest BCUT2D eigenvalue weighted by atomic mass is 19.3. The number of hydrogen-bond donors (Lipinski definition) is 0. The first-order chi connectivity index (χ1) is 11.6. The van der Waals surface area contributed by atoms with Crippen molar-refractivity contribution in [1.82, 2.24) is 4.90 Å². The number of ether oxygens (including phenoxy) is 2. The molecule has 25 heavy (non-hydrogen) atoms. The Kier molecular flexibility index (Phi) is 4.51. The highest BCUT2D eigenvalue weighted by Crippen LogP contribution is 2.39. The average molecular weight is 354 g/mol. The van der Waals surface area contributed by atoms with Crippen LogP contribution in [0.2, 0.25) is 0 Å². The molecule has 0 spiro atoms. The van der Waals surface area contributed by atoms with Gasteiger partial charge in [0.25, 0.3) is 5.92 Å². The molecule has 2 aliphatic rings. The maximum absolute atomic E-state index is 13.6. The van der Waals surface area contributed by atoms with Gasteiger partial charge in [-0.15, -0.1) is 0 Å². The number of halogens is 2. The number of para-hydroxylation sites is 1. The Balaban J connectivity index is 1.81. The molecule has 0 bridgehead atoms. The number of carbonyl (C=O) groups excluding carboxylic acids is 1. The molecule has 1 fully saturated rings. The van der Waals surface area contributed by atoms with Gasteiger partial charge in [-0.3, -0.25) is 0 Å². The molecule has 0 N–H and O–H groups in total. The summed E-state index contributed by atoms with van der Waals surface area (Å²) in [5, 5.41) is 0. The maximum atomic E-state index is 13.6. The van der Waals surface area contributed by atoms with Crippen LogP contribution in [-0.2, 0) is 11.3 Å². The van der Waals surface area contributed by atoms with E-state index in [0.717, 1.165) is 5.56 Å². The van der Waals surface area contributed by atoms with Gasteiger partial charge in [0, 0.05) is 18.5 Å². The molecule has 2 aliphatic heterocycles. The van der Waals surface area contributed by atoms with Crippen molar-refractivity contribution in [2.75, 3.05) is 31.1 Å². The van der Waals surface area contributed by atoms with Crippen molar-refractivity contribution in [3.05, 3.63) is 23.8 Å². The third-order valence-electron chi connectivity index (χ3n) is 4.21. The van der Waals surface area contributed by atoms with Gasteiger partial charge in [-0.25, -0.2) is 13.6 Å². The Morgan fingerprint density at radius 3 is 2.68 bits per heavy atom. The van der Waals surface area contributed by atoms with Crippen LogP contribution in [0.1, 0.15) is 32.8 Å². The Bertz CT molecular complexity index is 658. The Morgan fingerprint density at radius 1 is 1.28 bits per heavy atom. The van der Waals surface area contributed by atoms with E-state index in [1.54, 1.807) is 15.9 Å². The van der Waals surface area contributed by atoms with Crippen LogP contribution < -0.4 is 9.64 Å². The van der Waals surface area contributed by atoms with Crippen LogP contribution in [0.5, 0.6) is 5.75 Å². The van der Waals surface area contributed by atoms with E-state index in [-0.39, 0.29) is 13.0 Å². The lowest BCUT2D eigenvalue weighted by Gasteiger charge is -2.26. The molecule has 7 heteroatoms. The van der Waals surface area contributed by atoms with Crippen molar-refractivity contribution in [1.29, 1.82) is 0 Å². The van der Waals surface area contributed by atoms with Crippen LogP contribution in [0.15, 0.2) is 18.2 Å². The van der Waals surface area contributed by atoms with E-state index in [2.05, 4.69) is 0 Å². The largest absolute Gasteiger partial charge is 0.489 e. The summed E-state index contributed by atoms with van der Waals surface area (Å²) in [7, 11) is 0. The van der Waals surface area contributed by atoms with Gasteiger partial charge >= 0.3 is 6.09 Å². The summed E-state index contributed by atoms with van der Waals surface area (Å²) in [6.07, 6.45) is -0.553. The molecule has 1 aromatic rings. The quantitative estimate of drug-likeness (QED) is 0.772. The second kappa shape index (κ2) is 6.35. The molecule has 5 nitrogen and oxygen atoms in total. The molecule has 0 unspecified atom stereocenters. The highest BCUT2D eigenvalue weighted by Gasteiger charge is 2.39. The lowest BCUT2D eigenvalue weighted by molar-refractivity contribution is 0.0223. The number of rotatable bonds is 1. The SMILES string of the molecule is CC(C)(C)OC(=O)N1CCOc2c(cccc2N2CCC(F)(F)C2)C1. The summed E-state index contributed by atoms with van der Waals surface area (Å²) in [5.41, 5.74) is 0.896. The van der Waals surface area contributed by atoms with Crippen LogP contribution in [0.3, 0.4) is 0 Å². The third kappa shape index (κ3) is 4.14. The summed E-state index contributed by atoms with van der Waals surface area (Å²) in [6.45, 7) is 6.47. The number of anilines is 1.